The Labute approximate surface area is 138 Å². The van der Waals surface area contributed by atoms with Gasteiger partial charge in [0, 0.05) is 18.5 Å². The van der Waals surface area contributed by atoms with E-state index < -0.39 is 0 Å². The fourth-order valence-electron chi connectivity index (χ4n) is 2.87. The molecule has 0 bridgehead atoms. The number of thiazole rings is 1. The first-order chi connectivity index (χ1) is 10.6. The van der Waals surface area contributed by atoms with Gasteiger partial charge < -0.3 is 15.5 Å². The van der Waals surface area contributed by atoms with Crippen LogP contribution in [0, 0.1) is 19.8 Å². The van der Waals surface area contributed by atoms with Crippen LogP contribution in [0.4, 0.5) is 0 Å². The van der Waals surface area contributed by atoms with Crippen LogP contribution in [0.2, 0.25) is 0 Å². The molecule has 1 aromatic rings. The van der Waals surface area contributed by atoms with Gasteiger partial charge in [-0.2, -0.15) is 0 Å². The van der Waals surface area contributed by atoms with E-state index in [2.05, 4.69) is 46.4 Å². The Morgan fingerprint density at radius 3 is 2.64 bits per heavy atom. The van der Waals surface area contributed by atoms with Crippen LogP contribution < -0.4 is 10.6 Å². The van der Waals surface area contributed by atoms with Gasteiger partial charge in [-0.15, -0.1) is 11.3 Å². The van der Waals surface area contributed by atoms with Crippen molar-refractivity contribution >= 4 is 17.3 Å². The molecule has 0 atom stereocenters. The maximum absolute atomic E-state index is 4.46. The van der Waals surface area contributed by atoms with Gasteiger partial charge in [0.1, 0.15) is 0 Å². The van der Waals surface area contributed by atoms with Crippen molar-refractivity contribution in [3.63, 3.8) is 0 Å². The normalized spacial score (nSPS) is 17.7. The number of guanidine groups is 1. The van der Waals surface area contributed by atoms with Crippen molar-refractivity contribution in [2.24, 2.45) is 10.9 Å². The molecule has 2 heterocycles. The standard InChI is InChI=1S/C16H29N5S/c1-12-15(22-13(2)20-12)11-19-16(17-3)18-8-5-14-6-9-21(4)10-7-14/h14H,5-11H2,1-4H3,(H2,17,18,19). The summed E-state index contributed by atoms with van der Waals surface area (Å²) in [6.45, 7) is 8.38. The van der Waals surface area contributed by atoms with E-state index in [0.717, 1.165) is 35.7 Å². The van der Waals surface area contributed by atoms with Gasteiger partial charge in [0.2, 0.25) is 0 Å². The molecule has 22 heavy (non-hydrogen) atoms. The number of nitrogens with zero attached hydrogens (tertiary/aromatic N) is 3. The van der Waals surface area contributed by atoms with Gasteiger partial charge in [-0.1, -0.05) is 0 Å². The molecule has 6 heteroatoms. The molecule has 0 spiro atoms. The quantitative estimate of drug-likeness (QED) is 0.644. The summed E-state index contributed by atoms with van der Waals surface area (Å²) in [6, 6.07) is 0. The van der Waals surface area contributed by atoms with E-state index in [9.17, 15) is 0 Å². The van der Waals surface area contributed by atoms with Crippen LogP contribution in [0.5, 0.6) is 0 Å². The minimum Gasteiger partial charge on any atom is -0.356 e. The van der Waals surface area contributed by atoms with Gasteiger partial charge >= 0.3 is 0 Å². The van der Waals surface area contributed by atoms with Crippen LogP contribution in [0.3, 0.4) is 0 Å². The number of nitrogens with one attached hydrogen (secondary N) is 2. The second-order valence-electron chi connectivity index (χ2n) is 6.13. The Balaban J connectivity index is 1.68. The molecule has 0 aromatic carbocycles. The molecular formula is C16H29N5S. The zero-order valence-electron chi connectivity index (χ0n) is 14.3. The minimum atomic E-state index is 0.797. The number of hydrogen-bond acceptors (Lipinski definition) is 4. The monoisotopic (exact) mass is 323 g/mol. The molecule has 1 aromatic heterocycles. The Bertz CT molecular complexity index is 489. The lowest BCUT2D eigenvalue weighted by Gasteiger charge is -2.29. The number of rotatable bonds is 5. The third kappa shape index (κ3) is 5.25. The predicted octanol–water partition coefficient (Wildman–Crippen LogP) is 2.16. The van der Waals surface area contributed by atoms with Crippen molar-refractivity contribution in [1.82, 2.24) is 20.5 Å². The van der Waals surface area contributed by atoms with Crippen LogP contribution in [0.25, 0.3) is 0 Å². The lowest BCUT2D eigenvalue weighted by molar-refractivity contribution is 0.213. The highest BCUT2D eigenvalue weighted by Gasteiger charge is 2.16. The van der Waals surface area contributed by atoms with Gasteiger partial charge in [0.15, 0.2) is 5.96 Å². The molecule has 2 N–H and O–H groups in total. The Kier molecular flexibility index (Phi) is 6.64. The maximum atomic E-state index is 4.46. The highest BCUT2D eigenvalue weighted by molar-refractivity contribution is 7.11. The van der Waals surface area contributed by atoms with Crippen LogP contribution >= 0.6 is 11.3 Å². The predicted molar refractivity (Wildman–Crippen MR) is 94.6 cm³/mol. The van der Waals surface area contributed by atoms with E-state index in [-0.39, 0.29) is 0 Å². The van der Waals surface area contributed by atoms with Gasteiger partial charge in [0.05, 0.1) is 17.2 Å². The molecule has 0 amide bonds. The van der Waals surface area contributed by atoms with E-state index in [1.165, 1.54) is 37.2 Å². The molecule has 0 saturated carbocycles. The number of piperidine rings is 1. The molecule has 0 radical (unpaired) electrons. The molecule has 1 aliphatic rings. The highest BCUT2D eigenvalue weighted by Crippen LogP contribution is 2.19. The lowest BCUT2D eigenvalue weighted by atomic mass is 9.94. The molecular weight excluding hydrogens is 294 g/mol. The summed E-state index contributed by atoms with van der Waals surface area (Å²) in [5, 5.41) is 7.94. The topological polar surface area (TPSA) is 52.6 Å². The van der Waals surface area contributed by atoms with Crippen LogP contribution in [0.1, 0.15) is 34.8 Å². The fourth-order valence-corrected chi connectivity index (χ4v) is 3.74. The summed E-state index contributed by atoms with van der Waals surface area (Å²) < 4.78 is 0. The van der Waals surface area contributed by atoms with E-state index in [1.807, 2.05) is 7.05 Å². The van der Waals surface area contributed by atoms with Gasteiger partial charge in [-0.25, -0.2) is 4.98 Å². The minimum absolute atomic E-state index is 0.797. The Morgan fingerprint density at radius 1 is 1.32 bits per heavy atom. The average molecular weight is 324 g/mol. The van der Waals surface area contributed by atoms with E-state index in [1.54, 1.807) is 11.3 Å². The molecule has 0 unspecified atom stereocenters. The summed E-state index contributed by atoms with van der Waals surface area (Å²) in [5.74, 6) is 1.74. The molecule has 2 rings (SSSR count). The summed E-state index contributed by atoms with van der Waals surface area (Å²) in [7, 11) is 4.04. The molecule has 0 aliphatic carbocycles. The van der Waals surface area contributed by atoms with Crippen molar-refractivity contribution in [2.75, 3.05) is 33.7 Å². The van der Waals surface area contributed by atoms with Crippen LogP contribution in [-0.4, -0.2) is 49.6 Å². The van der Waals surface area contributed by atoms with Crippen molar-refractivity contribution in [3.8, 4) is 0 Å². The summed E-state index contributed by atoms with van der Waals surface area (Å²) >= 11 is 1.75. The molecule has 124 valence electrons. The Morgan fingerprint density at radius 2 is 2.05 bits per heavy atom. The number of likely N-dealkylation sites (tertiary alicyclic amines) is 1. The zero-order chi connectivity index (χ0) is 15.9. The SMILES string of the molecule is CN=C(NCCC1CCN(C)CC1)NCc1sc(C)nc1C. The molecule has 5 nitrogen and oxygen atoms in total. The van der Waals surface area contributed by atoms with E-state index in [4.69, 9.17) is 0 Å². The number of aromatic nitrogens is 1. The van der Waals surface area contributed by atoms with E-state index >= 15 is 0 Å². The van der Waals surface area contributed by atoms with Gasteiger partial charge in [-0.3, -0.25) is 4.99 Å². The van der Waals surface area contributed by atoms with Crippen molar-refractivity contribution in [1.29, 1.82) is 0 Å². The van der Waals surface area contributed by atoms with Crippen LogP contribution in [0.15, 0.2) is 4.99 Å². The third-order valence-corrected chi connectivity index (χ3v) is 5.40. The number of aliphatic imine (C=N–C) groups is 1. The summed E-state index contributed by atoms with van der Waals surface area (Å²) in [5.41, 5.74) is 1.12. The van der Waals surface area contributed by atoms with Crippen molar-refractivity contribution < 1.29 is 0 Å². The first kappa shape index (κ1) is 17.2. The third-order valence-electron chi connectivity index (χ3n) is 4.32. The smallest absolute Gasteiger partial charge is 0.191 e. The molecule has 1 saturated heterocycles. The first-order valence-electron chi connectivity index (χ1n) is 8.14. The van der Waals surface area contributed by atoms with E-state index in [0.29, 0.717) is 0 Å². The summed E-state index contributed by atoms with van der Waals surface area (Å²) in [4.78, 5) is 12.5. The number of hydrogen-bond donors (Lipinski definition) is 2. The lowest BCUT2D eigenvalue weighted by Crippen LogP contribution is -2.38. The van der Waals surface area contributed by atoms with Gasteiger partial charge in [-0.05, 0) is 59.2 Å². The maximum Gasteiger partial charge on any atom is 0.191 e. The Hall–Kier alpha value is -1.14. The second kappa shape index (κ2) is 8.48. The fraction of sp³-hybridized carbons (Fsp3) is 0.750. The average Bonchev–Trinajstić information content (AvgIpc) is 2.82. The second-order valence-corrected chi connectivity index (χ2v) is 7.42. The first-order valence-corrected chi connectivity index (χ1v) is 8.96. The number of aryl methyl sites for hydroxylation is 2. The van der Waals surface area contributed by atoms with Crippen molar-refractivity contribution in [2.45, 2.75) is 39.7 Å². The summed E-state index contributed by atoms with van der Waals surface area (Å²) in [6.07, 6.45) is 3.88. The molecule has 1 fully saturated rings. The van der Waals surface area contributed by atoms with Crippen LogP contribution in [-0.2, 0) is 6.54 Å². The highest BCUT2D eigenvalue weighted by atomic mass is 32.1. The largest absolute Gasteiger partial charge is 0.356 e. The van der Waals surface area contributed by atoms with Gasteiger partial charge in [0.25, 0.3) is 0 Å². The van der Waals surface area contributed by atoms with Crippen molar-refractivity contribution in [3.05, 3.63) is 15.6 Å². The molecule has 1 aliphatic heterocycles. The zero-order valence-corrected chi connectivity index (χ0v) is 15.1.